The molecule has 20 heavy (non-hydrogen) atoms. The summed E-state index contributed by atoms with van der Waals surface area (Å²) in [6, 6.07) is 15.3. The van der Waals surface area contributed by atoms with Crippen molar-refractivity contribution in [3.8, 4) is 5.75 Å². The van der Waals surface area contributed by atoms with Gasteiger partial charge in [-0.05, 0) is 36.4 Å². The second kappa shape index (κ2) is 5.13. The number of aromatic nitrogens is 2. The van der Waals surface area contributed by atoms with Crippen LogP contribution in [0.25, 0.3) is 11.0 Å². The fraction of sp³-hybridized carbons (Fsp3) is 0.133. The highest BCUT2D eigenvalue weighted by molar-refractivity contribution is 5.77. The summed E-state index contributed by atoms with van der Waals surface area (Å²) >= 11 is 0. The van der Waals surface area contributed by atoms with Crippen LogP contribution in [0.4, 0.5) is 11.6 Å². The summed E-state index contributed by atoms with van der Waals surface area (Å²) in [7, 11) is 3.56. The van der Waals surface area contributed by atoms with E-state index in [9.17, 15) is 0 Å². The standard InChI is InChI=1S/C15H14N4O/c1-19-14-6-4-3-5-13(14)16-15(19)18-17-11-7-9-12(20-2)10-8-11/h3-10H,1-2H3/b18-17+. The number of rotatable bonds is 3. The van der Waals surface area contributed by atoms with Crippen LogP contribution in [-0.4, -0.2) is 16.7 Å². The first-order valence-corrected chi connectivity index (χ1v) is 6.25. The summed E-state index contributed by atoms with van der Waals surface area (Å²) in [5, 5.41) is 8.40. The molecule has 0 saturated carbocycles. The largest absolute Gasteiger partial charge is 0.497 e. The minimum absolute atomic E-state index is 0.585. The van der Waals surface area contributed by atoms with Crippen molar-refractivity contribution in [2.75, 3.05) is 7.11 Å². The topological polar surface area (TPSA) is 51.8 Å². The molecule has 3 rings (SSSR count). The molecule has 0 fully saturated rings. The van der Waals surface area contributed by atoms with Gasteiger partial charge in [0.2, 0.25) is 5.95 Å². The van der Waals surface area contributed by atoms with Crippen molar-refractivity contribution in [1.29, 1.82) is 0 Å². The van der Waals surface area contributed by atoms with Crippen molar-refractivity contribution >= 4 is 22.7 Å². The van der Waals surface area contributed by atoms with Crippen LogP contribution in [-0.2, 0) is 7.05 Å². The smallest absolute Gasteiger partial charge is 0.250 e. The molecule has 0 aliphatic heterocycles. The first-order valence-electron chi connectivity index (χ1n) is 6.25. The fourth-order valence-electron chi connectivity index (χ4n) is 1.97. The van der Waals surface area contributed by atoms with Crippen molar-refractivity contribution in [1.82, 2.24) is 9.55 Å². The number of hydrogen-bond acceptors (Lipinski definition) is 4. The molecule has 1 aromatic heterocycles. The van der Waals surface area contributed by atoms with E-state index in [-0.39, 0.29) is 0 Å². The Morgan fingerprint density at radius 3 is 2.45 bits per heavy atom. The highest BCUT2D eigenvalue weighted by Crippen LogP contribution is 2.23. The quantitative estimate of drug-likeness (QED) is 0.673. The summed E-state index contributed by atoms with van der Waals surface area (Å²) in [4.78, 5) is 4.44. The maximum atomic E-state index is 5.10. The molecule has 0 aliphatic carbocycles. The number of nitrogens with zero attached hydrogens (tertiary/aromatic N) is 4. The first kappa shape index (κ1) is 12.3. The van der Waals surface area contributed by atoms with Crippen molar-refractivity contribution in [3.05, 3.63) is 48.5 Å². The van der Waals surface area contributed by atoms with Gasteiger partial charge < -0.3 is 9.30 Å². The summed E-state index contributed by atoms with van der Waals surface area (Å²) in [6.07, 6.45) is 0. The van der Waals surface area contributed by atoms with Crippen molar-refractivity contribution in [3.63, 3.8) is 0 Å². The van der Waals surface area contributed by atoms with E-state index in [0.29, 0.717) is 5.95 Å². The number of azo groups is 1. The van der Waals surface area contributed by atoms with Crippen LogP contribution in [0.2, 0.25) is 0 Å². The molecule has 1 heterocycles. The second-order valence-electron chi connectivity index (χ2n) is 4.36. The summed E-state index contributed by atoms with van der Waals surface area (Å²) in [5.74, 6) is 1.38. The Labute approximate surface area is 116 Å². The molecule has 3 aromatic rings. The number of para-hydroxylation sites is 2. The van der Waals surface area contributed by atoms with E-state index in [1.54, 1.807) is 7.11 Å². The van der Waals surface area contributed by atoms with Gasteiger partial charge in [-0.25, -0.2) is 4.98 Å². The SMILES string of the molecule is COc1ccc(/N=N/c2nc3ccccc3n2C)cc1. The predicted octanol–water partition coefficient (Wildman–Crippen LogP) is 4.00. The van der Waals surface area contributed by atoms with E-state index < -0.39 is 0 Å². The monoisotopic (exact) mass is 266 g/mol. The summed E-state index contributed by atoms with van der Waals surface area (Å²) < 4.78 is 7.02. The number of fused-ring (bicyclic) bond motifs is 1. The molecular formula is C15H14N4O. The normalized spacial score (nSPS) is 11.3. The number of aryl methyl sites for hydroxylation is 1. The van der Waals surface area contributed by atoms with Crippen LogP contribution >= 0.6 is 0 Å². The van der Waals surface area contributed by atoms with Crippen LogP contribution in [0, 0.1) is 0 Å². The van der Waals surface area contributed by atoms with Gasteiger partial charge in [-0.3, -0.25) is 0 Å². The van der Waals surface area contributed by atoms with Crippen molar-refractivity contribution < 1.29 is 4.74 Å². The van der Waals surface area contributed by atoms with Crippen molar-refractivity contribution in [2.45, 2.75) is 0 Å². The zero-order valence-electron chi connectivity index (χ0n) is 11.3. The van der Waals surface area contributed by atoms with Gasteiger partial charge >= 0.3 is 0 Å². The Morgan fingerprint density at radius 1 is 1.00 bits per heavy atom. The lowest BCUT2D eigenvalue weighted by atomic mass is 10.3. The number of methoxy groups -OCH3 is 1. The Balaban J connectivity index is 1.91. The molecule has 0 radical (unpaired) electrons. The van der Waals surface area contributed by atoms with Crippen LogP contribution in [0.3, 0.4) is 0 Å². The number of imidazole rings is 1. The van der Waals surface area contributed by atoms with E-state index in [0.717, 1.165) is 22.5 Å². The number of benzene rings is 2. The highest BCUT2D eigenvalue weighted by atomic mass is 16.5. The average molecular weight is 266 g/mol. The van der Waals surface area contributed by atoms with E-state index in [2.05, 4.69) is 15.2 Å². The third kappa shape index (κ3) is 2.25. The lowest BCUT2D eigenvalue weighted by Crippen LogP contribution is -1.85. The maximum Gasteiger partial charge on any atom is 0.250 e. The minimum Gasteiger partial charge on any atom is -0.497 e. The molecule has 5 nitrogen and oxygen atoms in total. The Hall–Kier alpha value is -2.69. The van der Waals surface area contributed by atoms with Gasteiger partial charge in [-0.15, -0.1) is 10.2 Å². The van der Waals surface area contributed by atoms with Gasteiger partial charge in [0, 0.05) is 7.05 Å². The van der Waals surface area contributed by atoms with Gasteiger partial charge in [-0.2, -0.15) is 0 Å². The van der Waals surface area contributed by atoms with E-state index in [4.69, 9.17) is 4.74 Å². The van der Waals surface area contributed by atoms with Gasteiger partial charge in [0.15, 0.2) is 0 Å². The zero-order chi connectivity index (χ0) is 13.9. The minimum atomic E-state index is 0.585. The van der Waals surface area contributed by atoms with Gasteiger partial charge in [-0.1, -0.05) is 12.1 Å². The molecule has 0 atom stereocenters. The Kier molecular flexibility index (Phi) is 3.16. The van der Waals surface area contributed by atoms with Crippen LogP contribution in [0.1, 0.15) is 0 Å². The molecule has 0 unspecified atom stereocenters. The Morgan fingerprint density at radius 2 is 1.75 bits per heavy atom. The molecule has 0 N–H and O–H groups in total. The van der Waals surface area contributed by atoms with Crippen molar-refractivity contribution in [2.24, 2.45) is 17.3 Å². The number of hydrogen-bond donors (Lipinski definition) is 0. The zero-order valence-corrected chi connectivity index (χ0v) is 11.3. The fourth-order valence-corrected chi connectivity index (χ4v) is 1.97. The molecule has 0 aliphatic rings. The van der Waals surface area contributed by atoms with E-state index >= 15 is 0 Å². The average Bonchev–Trinajstić information content (AvgIpc) is 2.83. The van der Waals surface area contributed by atoms with Gasteiger partial charge in [0.1, 0.15) is 5.75 Å². The maximum absolute atomic E-state index is 5.10. The second-order valence-corrected chi connectivity index (χ2v) is 4.36. The molecule has 0 bridgehead atoms. The highest BCUT2D eigenvalue weighted by Gasteiger charge is 2.05. The Bertz CT molecular complexity index is 759. The summed E-state index contributed by atoms with van der Waals surface area (Å²) in [5.41, 5.74) is 2.72. The third-order valence-electron chi connectivity index (χ3n) is 3.09. The summed E-state index contributed by atoms with van der Waals surface area (Å²) in [6.45, 7) is 0. The number of ether oxygens (including phenoxy) is 1. The molecule has 5 heteroatoms. The lowest BCUT2D eigenvalue weighted by Gasteiger charge is -1.98. The predicted molar refractivity (Wildman–Crippen MR) is 77.9 cm³/mol. The molecule has 2 aromatic carbocycles. The van der Waals surface area contributed by atoms with Gasteiger partial charge in [0.25, 0.3) is 0 Å². The third-order valence-corrected chi connectivity index (χ3v) is 3.09. The van der Waals surface area contributed by atoms with Crippen LogP contribution in [0.15, 0.2) is 58.8 Å². The first-order chi connectivity index (χ1) is 9.78. The molecule has 0 amide bonds. The molecule has 0 spiro atoms. The van der Waals surface area contributed by atoms with E-state index in [1.165, 1.54) is 0 Å². The molecule has 100 valence electrons. The lowest BCUT2D eigenvalue weighted by molar-refractivity contribution is 0.415. The van der Waals surface area contributed by atoms with Crippen LogP contribution < -0.4 is 4.74 Å². The van der Waals surface area contributed by atoms with Crippen LogP contribution in [0.5, 0.6) is 5.75 Å². The van der Waals surface area contributed by atoms with E-state index in [1.807, 2.05) is 60.1 Å². The molecule has 0 saturated heterocycles. The van der Waals surface area contributed by atoms with Gasteiger partial charge in [0.05, 0.1) is 23.8 Å². The molecular weight excluding hydrogens is 252 g/mol.